The molecule has 2 unspecified atom stereocenters. The normalized spacial score (nSPS) is 13.7. The number of carbonyl (C=O) groups excluding carboxylic acids is 4. The lowest BCUT2D eigenvalue weighted by molar-refractivity contribution is -0.150. The standard InChI is InChI=1S/C25H47NO4.C24H46O4.C4H10.C2H6/c1-3-5-6-7-8-9-10-11-15-21-29-24(27)17-13-12-14-19-26-20-18-23(22-26)30-25(28)16-4-2;1-3-5-7-9-11-15-19-23(18-14-8-6-4-2)28-24(26)20-16-12-10-13-17-21-27-22-25;1-4(2)3;1-2/h23H,3-22H2,1-2H3;22-23H,3-21H2,1-2H3;4H,1-3H3;1-2H3. The summed E-state index contributed by atoms with van der Waals surface area (Å²) in [6, 6.07) is 0. The predicted molar refractivity (Wildman–Crippen MR) is 271 cm³/mol. The summed E-state index contributed by atoms with van der Waals surface area (Å²) in [7, 11) is 0. The Morgan fingerprint density at radius 3 is 1.48 bits per heavy atom. The fourth-order valence-electron chi connectivity index (χ4n) is 7.49. The van der Waals surface area contributed by atoms with Crippen LogP contribution in [0.25, 0.3) is 0 Å². The average molecular weight is 912 g/mol. The van der Waals surface area contributed by atoms with Crippen LogP contribution in [0.2, 0.25) is 0 Å². The molecule has 382 valence electrons. The highest BCUT2D eigenvalue weighted by Gasteiger charge is 2.25. The van der Waals surface area contributed by atoms with Crippen LogP contribution in [0.1, 0.15) is 281 Å². The topological polar surface area (TPSA) is 108 Å². The predicted octanol–water partition coefficient (Wildman–Crippen LogP) is 15.9. The van der Waals surface area contributed by atoms with Crippen LogP contribution in [0.5, 0.6) is 0 Å². The number of rotatable bonds is 41. The molecular formula is C55H109NO8. The van der Waals surface area contributed by atoms with Crippen molar-refractivity contribution in [3.05, 3.63) is 0 Å². The molecule has 0 saturated carbocycles. The molecule has 0 aromatic rings. The van der Waals surface area contributed by atoms with E-state index in [1.54, 1.807) is 0 Å². The van der Waals surface area contributed by atoms with Gasteiger partial charge in [0.25, 0.3) is 6.47 Å². The van der Waals surface area contributed by atoms with Gasteiger partial charge in [-0.15, -0.1) is 0 Å². The van der Waals surface area contributed by atoms with Crippen LogP contribution in [0.4, 0.5) is 0 Å². The van der Waals surface area contributed by atoms with E-state index in [4.69, 9.17) is 14.2 Å². The monoisotopic (exact) mass is 912 g/mol. The number of nitrogens with zero attached hydrogens (tertiary/aromatic N) is 1. The molecule has 2 atom stereocenters. The van der Waals surface area contributed by atoms with Crippen molar-refractivity contribution >= 4 is 24.4 Å². The van der Waals surface area contributed by atoms with Gasteiger partial charge in [-0.3, -0.25) is 24.1 Å². The minimum Gasteiger partial charge on any atom is -0.468 e. The van der Waals surface area contributed by atoms with Gasteiger partial charge < -0.3 is 18.9 Å². The first-order chi connectivity index (χ1) is 31.1. The van der Waals surface area contributed by atoms with Gasteiger partial charge in [-0.1, -0.05) is 191 Å². The Hall–Kier alpha value is -2.16. The molecule has 1 rings (SSSR count). The smallest absolute Gasteiger partial charge is 0.306 e. The van der Waals surface area contributed by atoms with Gasteiger partial charge in [0, 0.05) is 32.4 Å². The van der Waals surface area contributed by atoms with Crippen LogP contribution in [0.3, 0.4) is 0 Å². The van der Waals surface area contributed by atoms with E-state index in [1.807, 2.05) is 20.8 Å². The van der Waals surface area contributed by atoms with Crippen LogP contribution in [0, 0.1) is 5.92 Å². The number of likely N-dealkylation sites (tertiary alicyclic amines) is 1. The van der Waals surface area contributed by atoms with Crippen LogP contribution in [-0.4, -0.2) is 74.3 Å². The highest BCUT2D eigenvalue weighted by Crippen LogP contribution is 2.19. The minimum absolute atomic E-state index is 0.0178. The first-order valence-corrected chi connectivity index (χ1v) is 27.4. The zero-order valence-electron chi connectivity index (χ0n) is 44.1. The summed E-state index contributed by atoms with van der Waals surface area (Å²) in [6.07, 6.45) is 37.8. The summed E-state index contributed by atoms with van der Waals surface area (Å²) in [4.78, 5) is 48.0. The highest BCUT2D eigenvalue weighted by atomic mass is 16.5. The van der Waals surface area contributed by atoms with Gasteiger partial charge in [-0.2, -0.15) is 0 Å². The molecule has 0 N–H and O–H groups in total. The van der Waals surface area contributed by atoms with Crippen molar-refractivity contribution in [2.45, 2.75) is 293 Å². The SMILES string of the molecule is CC.CC(C)C.CCCCCCCCC(CCCCCC)OC(=O)CCCCCCCOC=O.CCCCCCCCCCCOC(=O)CCCCCN1CCC(OC(=O)CCC)C1. The number of hydrogen-bond acceptors (Lipinski definition) is 9. The van der Waals surface area contributed by atoms with Crippen LogP contribution in [0.15, 0.2) is 0 Å². The summed E-state index contributed by atoms with van der Waals surface area (Å²) in [5.74, 6) is 0.708. The second-order valence-electron chi connectivity index (χ2n) is 18.5. The molecule has 0 aromatic carbocycles. The molecule has 1 heterocycles. The fourth-order valence-corrected chi connectivity index (χ4v) is 7.49. The molecule has 1 aliphatic heterocycles. The van der Waals surface area contributed by atoms with Crippen molar-refractivity contribution in [3.8, 4) is 0 Å². The summed E-state index contributed by atoms with van der Waals surface area (Å²) >= 11 is 0. The number of ether oxygens (including phenoxy) is 4. The second kappa shape index (κ2) is 55.2. The first-order valence-electron chi connectivity index (χ1n) is 27.4. The van der Waals surface area contributed by atoms with E-state index in [1.165, 1.54) is 116 Å². The van der Waals surface area contributed by atoms with Gasteiger partial charge in [0.15, 0.2) is 0 Å². The Morgan fingerprint density at radius 2 is 0.969 bits per heavy atom. The third kappa shape index (κ3) is 54.2. The number of hydrogen-bond donors (Lipinski definition) is 0. The molecule has 0 spiro atoms. The molecule has 1 fully saturated rings. The molecule has 9 nitrogen and oxygen atoms in total. The molecule has 9 heteroatoms. The average Bonchev–Trinajstić information content (AvgIpc) is 3.72. The first kappa shape index (κ1) is 66.1. The Morgan fingerprint density at radius 1 is 0.531 bits per heavy atom. The third-order valence-corrected chi connectivity index (χ3v) is 11.1. The summed E-state index contributed by atoms with van der Waals surface area (Å²) < 4.78 is 21.3. The zero-order valence-corrected chi connectivity index (χ0v) is 44.1. The minimum atomic E-state index is -0.0646. The Balaban J connectivity index is -0.00000104. The lowest BCUT2D eigenvalue weighted by Gasteiger charge is -2.18. The maximum atomic E-state index is 12.2. The number of unbranched alkanes of at least 4 members (excludes halogenated alkanes) is 22. The van der Waals surface area contributed by atoms with Gasteiger partial charge in [0.05, 0.1) is 13.2 Å². The van der Waals surface area contributed by atoms with Crippen molar-refractivity contribution in [1.29, 1.82) is 0 Å². The van der Waals surface area contributed by atoms with Crippen molar-refractivity contribution in [1.82, 2.24) is 4.90 Å². The van der Waals surface area contributed by atoms with E-state index in [9.17, 15) is 19.2 Å². The molecule has 1 aliphatic rings. The van der Waals surface area contributed by atoms with E-state index < -0.39 is 0 Å². The molecular weight excluding hydrogens is 803 g/mol. The van der Waals surface area contributed by atoms with E-state index in [-0.39, 0.29) is 30.1 Å². The van der Waals surface area contributed by atoms with E-state index in [0.717, 1.165) is 109 Å². The van der Waals surface area contributed by atoms with Gasteiger partial charge in [-0.05, 0) is 83.1 Å². The lowest BCUT2D eigenvalue weighted by Crippen LogP contribution is -2.25. The van der Waals surface area contributed by atoms with E-state index in [2.05, 4.69) is 51.2 Å². The van der Waals surface area contributed by atoms with Crippen molar-refractivity contribution in [3.63, 3.8) is 0 Å². The van der Waals surface area contributed by atoms with Crippen LogP contribution >= 0.6 is 0 Å². The quantitative estimate of drug-likeness (QED) is 0.0256. The second-order valence-corrected chi connectivity index (χ2v) is 18.5. The van der Waals surface area contributed by atoms with Crippen molar-refractivity contribution in [2.75, 3.05) is 32.8 Å². The Labute approximate surface area is 397 Å². The number of carbonyl (C=O) groups is 4. The molecule has 64 heavy (non-hydrogen) atoms. The van der Waals surface area contributed by atoms with Gasteiger partial charge in [0.1, 0.15) is 12.2 Å². The van der Waals surface area contributed by atoms with Gasteiger partial charge in [-0.25, -0.2) is 0 Å². The van der Waals surface area contributed by atoms with E-state index >= 15 is 0 Å². The summed E-state index contributed by atoms with van der Waals surface area (Å²) in [5, 5.41) is 0. The summed E-state index contributed by atoms with van der Waals surface area (Å²) in [6.45, 7) is 23.7. The van der Waals surface area contributed by atoms with Crippen molar-refractivity contribution < 1.29 is 38.1 Å². The lowest BCUT2D eigenvalue weighted by atomic mass is 10.0. The third-order valence-electron chi connectivity index (χ3n) is 11.1. The largest absolute Gasteiger partial charge is 0.468 e. The molecule has 0 bridgehead atoms. The molecule has 1 saturated heterocycles. The van der Waals surface area contributed by atoms with Crippen molar-refractivity contribution in [2.24, 2.45) is 5.92 Å². The maximum absolute atomic E-state index is 12.2. The maximum Gasteiger partial charge on any atom is 0.306 e. The Kier molecular flexibility index (Phi) is 57.0. The van der Waals surface area contributed by atoms with Crippen LogP contribution < -0.4 is 0 Å². The highest BCUT2D eigenvalue weighted by molar-refractivity contribution is 5.70. The fraction of sp³-hybridized carbons (Fsp3) is 0.927. The molecule has 0 aliphatic carbocycles. The molecule has 0 amide bonds. The number of esters is 3. The zero-order chi connectivity index (χ0) is 48.2. The molecule has 0 radical (unpaired) electrons. The van der Waals surface area contributed by atoms with E-state index in [0.29, 0.717) is 38.9 Å². The Bertz CT molecular complexity index is 973. The van der Waals surface area contributed by atoms with Gasteiger partial charge in [0.2, 0.25) is 0 Å². The van der Waals surface area contributed by atoms with Crippen LogP contribution in [-0.2, 0) is 38.1 Å². The van der Waals surface area contributed by atoms with Gasteiger partial charge >= 0.3 is 17.9 Å². The summed E-state index contributed by atoms with van der Waals surface area (Å²) in [5.41, 5.74) is 0. The molecule has 0 aromatic heterocycles.